The summed E-state index contributed by atoms with van der Waals surface area (Å²) in [5.41, 5.74) is 10.4. The second-order valence-electron chi connectivity index (χ2n) is 7.64. The van der Waals surface area contributed by atoms with Crippen molar-refractivity contribution in [2.24, 2.45) is 0 Å². The van der Waals surface area contributed by atoms with Gasteiger partial charge in [0.25, 0.3) is 0 Å². The van der Waals surface area contributed by atoms with Crippen molar-refractivity contribution in [3.8, 4) is 34.0 Å². The molecule has 1 aromatic heterocycles. The average molecular weight is 368 g/mol. The fourth-order valence-electron chi connectivity index (χ4n) is 3.66. The summed E-state index contributed by atoms with van der Waals surface area (Å²) in [6.45, 7) is 10.5. The van der Waals surface area contributed by atoms with Crippen LogP contribution in [0.5, 0.6) is 0 Å². The largest absolute Gasteiger partial charge is 0.416 e. The van der Waals surface area contributed by atoms with E-state index in [1.807, 2.05) is 0 Å². The Hall–Kier alpha value is -3.20. The third kappa shape index (κ3) is 3.48. The summed E-state index contributed by atoms with van der Waals surface area (Å²) in [5.74, 6) is 1.11. The molecule has 0 saturated heterocycles. The van der Waals surface area contributed by atoms with Gasteiger partial charge in [-0.25, -0.2) is 0 Å². The molecule has 0 bridgehead atoms. The number of rotatable bonds is 3. The van der Waals surface area contributed by atoms with Gasteiger partial charge in [0.05, 0.1) is 0 Å². The van der Waals surface area contributed by atoms with Crippen LogP contribution in [0.25, 0.3) is 34.0 Å². The molecular formula is C25H24N2O. The first kappa shape index (κ1) is 18.2. The Morgan fingerprint density at radius 1 is 0.536 bits per heavy atom. The zero-order valence-corrected chi connectivity index (χ0v) is 17.0. The summed E-state index contributed by atoms with van der Waals surface area (Å²) in [4.78, 5) is 0. The molecule has 0 aliphatic carbocycles. The zero-order valence-electron chi connectivity index (χ0n) is 17.0. The second-order valence-corrected chi connectivity index (χ2v) is 7.64. The maximum absolute atomic E-state index is 6.01. The standard InChI is InChI=1S/C25H24N2O/c1-15-6-7-18(4)23(13-15)20-8-9-22(19(5)14-20)25-27-26-24(28-25)21-11-16(2)10-17(3)12-21/h6-14H,1-5H3. The lowest BCUT2D eigenvalue weighted by Gasteiger charge is -2.10. The van der Waals surface area contributed by atoms with Crippen molar-refractivity contribution in [1.29, 1.82) is 0 Å². The minimum absolute atomic E-state index is 0.555. The van der Waals surface area contributed by atoms with Gasteiger partial charge < -0.3 is 4.42 Å². The van der Waals surface area contributed by atoms with Crippen molar-refractivity contribution in [3.05, 3.63) is 82.4 Å². The van der Waals surface area contributed by atoms with E-state index >= 15 is 0 Å². The smallest absolute Gasteiger partial charge is 0.248 e. The number of aromatic nitrogens is 2. The van der Waals surface area contributed by atoms with Gasteiger partial charge in [0.15, 0.2) is 0 Å². The zero-order chi connectivity index (χ0) is 19.8. The molecule has 1 heterocycles. The van der Waals surface area contributed by atoms with E-state index in [0.717, 1.165) is 16.7 Å². The SMILES string of the molecule is Cc1cc(C)cc(-c2nnc(-c3ccc(-c4cc(C)ccc4C)cc3C)o2)c1. The topological polar surface area (TPSA) is 38.9 Å². The molecule has 0 saturated carbocycles. The third-order valence-electron chi connectivity index (χ3n) is 5.05. The molecule has 0 aliphatic heterocycles. The molecule has 3 heteroatoms. The van der Waals surface area contributed by atoms with Gasteiger partial charge in [-0.15, -0.1) is 10.2 Å². The number of hydrogen-bond acceptors (Lipinski definition) is 3. The van der Waals surface area contributed by atoms with Gasteiger partial charge in [0, 0.05) is 11.1 Å². The molecule has 0 N–H and O–H groups in total. The van der Waals surface area contributed by atoms with E-state index in [2.05, 4.69) is 99.4 Å². The first-order valence-corrected chi connectivity index (χ1v) is 9.51. The maximum Gasteiger partial charge on any atom is 0.248 e. The van der Waals surface area contributed by atoms with Crippen LogP contribution in [0.2, 0.25) is 0 Å². The number of nitrogens with zero attached hydrogens (tertiary/aromatic N) is 2. The predicted octanol–water partition coefficient (Wildman–Crippen LogP) is 6.61. The van der Waals surface area contributed by atoms with Gasteiger partial charge in [0.1, 0.15) is 0 Å². The highest BCUT2D eigenvalue weighted by Crippen LogP contribution is 2.31. The highest BCUT2D eigenvalue weighted by molar-refractivity contribution is 5.73. The van der Waals surface area contributed by atoms with Crippen LogP contribution in [0.3, 0.4) is 0 Å². The summed E-state index contributed by atoms with van der Waals surface area (Å²) in [5, 5.41) is 8.58. The molecule has 3 aromatic carbocycles. The average Bonchev–Trinajstić information content (AvgIpc) is 3.13. The van der Waals surface area contributed by atoms with E-state index in [4.69, 9.17) is 4.42 Å². The van der Waals surface area contributed by atoms with E-state index in [0.29, 0.717) is 11.8 Å². The normalized spacial score (nSPS) is 11.0. The first-order chi connectivity index (χ1) is 13.4. The Morgan fingerprint density at radius 3 is 1.96 bits per heavy atom. The molecule has 4 aromatic rings. The van der Waals surface area contributed by atoms with Crippen molar-refractivity contribution in [2.45, 2.75) is 34.6 Å². The molecule has 0 radical (unpaired) electrons. The lowest BCUT2D eigenvalue weighted by molar-refractivity contribution is 0.584. The third-order valence-corrected chi connectivity index (χ3v) is 5.05. The second kappa shape index (κ2) is 7.08. The van der Waals surface area contributed by atoms with Crippen LogP contribution in [-0.2, 0) is 0 Å². The molecule has 4 rings (SSSR count). The monoisotopic (exact) mass is 368 g/mol. The van der Waals surface area contributed by atoms with Crippen molar-refractivity contribution in [3.63, 3.8) is 0 Å². The molecule has 0 fully saturated rings. The van der Waals surface area contributed by atoms with Crippen molar-refractivity contribution < 1.29 is 4.42 Å². The van der Waals surface area contributed by atoms with Crippen LogP contribution < -0.4 is 0 Å². The molecular weight excluding hydrogens is 344 g/mol. The molecule has 0 atom stereocenters. The Balaban J connectivity index is 1.71. The molecule has 140 valence electrons. The van der Waals surface area contributed by atoms with Crippen LogP contribution in [0.4, 0.5) is 0 Å². The summed E-state index contributed by atoms with van der Waals surface area (Å²) >= 11 is 0. The highest BCUT2D eigenvalue weighted by atomic mass is 16.4. The quantitative estimate of drug-likeness (QED) is 0.408. The van der Waals surface area contributed by atoms with Gasteiger partial charge in [-0.1, -0.05) is 53.1 Å². The van der Waals surface area contributed by atoms with Crippen molar-refractivity contribution in [2.75, 3.05) is 0 Å². The minimum atomic E-state index is 0.555. The van der Waals surface area contributed by atoms with Gasteiger partial charge in [-0.3, -0.25) is 0 Å². The lowest BCUT2D eigenvalue weighted by Crippen LogP contribution is -1.89. The summed E-state index contributed by atoms with van der Waals surface area (Å²) in [7, 11) is 0. The maximum atomic E-state index is 6.01. The number of hydrogen-bond donors (Lipinski definition) is 0. The van der Waals surface area contributed by atoms with Crippen molar-refractivity contribution >= 4 is 0 Å². The Morgan fingerprint density at radius 2 is 1.25 bits per heavy atom. The Labute approximate surface area is 166 Å². The predicted molar refractivity (Wildman–Crippen MR) is 114 cm³/mol. The first-order valence-electron chi connectivity index (χ1n) is 9.51. The molecule has 0 aliphatic rings. The van der Waals surface area contributed by atoms with Crippen LogP contribution in [0.1, 0.15) is 27.8 Å². The van der Waals surface area contributed by atoms with E-state index in [1.165, 1.54) is 33.4 Å². The molecule has 28 heavy (non-hydrogen) atoms. The molecule has 0 unspecified atom stereocenters. The van der Waals surface area contributed by atoms with E-state index in [1.54, 1.807) is 0 Å². The van der Waals surface area contributed by atoms with Gasteiger partial charge in [-0.2, -0.15) is 0 Å². The van der Waals surface area contributed by atoms with Gasteiger partial charge >= 0.3 is 0 Å². The Bertz CT molecular complexity index is 1150. The van der Waals surface area contributed by atoms with Crippen LogP contribution >= 0.6 is 0 Å². The van der Waals surface area contributed by atoms with Gasteiger partial charge in [-0.05, 0) is 75.1 Å². The van der Waals surface area contributed by atoms with E-state index < -0.39 is 0 Å². The lowest BCUT2D eigenvalue weighted by atomic mass is 9.95. The molecule has 3 nitrogen and oxygen atoms in total. The van der Waals surface area contributed by atoms with Crippen LogP contribution in [-0.4, -0.2) is 10.2 Å². The Kier molecular flexibility index (Phi) is 4.60. The number of aryl methyl sites for hydroxylation is 5. The van der Waals surface area contributed by atoms with E-state index in [-0.39, 0.29) is 0 Å². The highest BCUT2D eigenvalue weighted by Gasteiger charge is 2.14. The summed E-state index contributed by atoms with van der Waals surface area (Å²) < 4.78 is 6.01. The summed E-state index contributed by atoms with van der Waals surface area (Å²) in [6.07, 6.45) is 0. The summed E-state index contributed by atoms with van der Waals surface area (Å²) in [6, 6.07) is 19.2. The molecule has 0 spiro atoms. The fraction of sp³-hybridized carbons (Fsp3) is 0.200. The fourth-order valence-corrected chi connectivity index (χ4v) is 3.66. The van der Waals surface area contributed by atoms with Crippen LogP contribution in [0.15, 0.2) is 59.0 Å². The molecule has 0 amide bonds. The van der Waals surface area contributed by atoms with Gasteiger partial charge in [0.2, 0.25) is 11.8 Å². The van der Waals surface area contributed by atoms with Crippen LogP contribution in [0, 0.1) is 34.6 Å². The van der Waals surface area contributed by atoms with E-state index in [9.17, 15) is 0 Å². The van der Waals surface area contributed by atoms with Crippen molar-refractivity contribution in [1.82, 2.24) is 10.2 Å². The number of benzene rings is 3. The minimum Gasteiger partial charge on any atom is -0.416 e.